The summed E-state index contributed by atoms with van der Waals surface area (Å²) in [6.45, 7) is 0.591. The quantitative estimate of drug-likeness (QED) is 0.899. The van der Waals surface area contributed by atoms with Crippen LogP contribution in [0.4, 0.5) is 8.78 Å². The molecule has 1 aromatic carbocycles. The monoisotopic (exact) mass is 275 g/mol. The van der Waals surface area contributed by atoms with Crippen LogP contribution in [0, 0.1) is 0 Å². The lowest BCUT2D eigenvalue weighted by atomic mass is 9.95. The highest BCUT2D eigenvalue weighted by Gasteiger charge is 2.43. The van der Waals surface area contributed by atoms with Crippen molar-refractivity contribution in [1.82, 2.24) is 0 Å². The standard InChI is InChI=1S/C11H12BrF2N/c12-9-5-7(11(6-15)3-4-11)1-2-8(9)10(13)14/h1-2,5,10H,3-4,6,15H2. The SMILES string of the molecule is NCC1(c2ccc(C(F)F)c(Br)c2)CC1. The van der Waals surface area contributed by atoms with E-state index >= 15 is 0 Å². The molecule has 4 heteroatoms. The summed E-state index contributed by atoms with van der Waals surface area (Å²) in [6.07, 6.45) is -0.310. The minimum atomic E-state index is -2.43. The summed E-state index contributed by atoms with van der Waals surface area (Å²) in [5.74, 6) is 0. The van der Waals surface area contributed by atoms with E-state index in [4.69, 9.17) is 5.73 Å². The Morgan fingerprint density at radius 3 is 2.47 bits per heavy atom. The Balaban J connectivity index is 2.34. The second-order valence-electron chi connectivity index (χ2n) is 4.02. The van der Waals surface area contributed by atoms with Crippen LogP contribution >= 0.6 is 15.9 Å². The van der Waals surface area contributed by atoms with Gasteiger partial charge in [-0.15, -0.1) is 0 Å². The van der Waals surface area contributed by atoms with Crippen molar-refractivity contribution in [3.63, 3.8) is 0 Å². The van der Waals surface area contributed by atoms with Crippen molar-refractivity contribution >= 4 is 15.9 Å². The van der Waals surface area contributed by atoms with E-state index in [1.165, 1.54) is 6.07 Å². The Morgan fingerprint density at radius 2 is 2.07 bits per heavy atom. The van der Waals surface area contributed by atoms with E-state index in [1.54, 1.807) is 12.1 Å². The highest BCUT2D eigenvalue weighted by Crippen LogP contribution is 2.48. The molecule has 0 amide bonds. The summed E-state index contributed by atoms with van der Waals surface area (Å²) in [5.41, 5.74) is 6.86. The van der Waals surface area contributed by atoms with Crippen molar-refractivity contribution in [3.8, 4) is 0 Å². The average Bonchev–Trinajstić information content (AvgIpc) is 2.97. The minimum absolute atomic E-state index is 0.0478. The van der Waals surface area contributed by atoms with Gasteiger partial charge < -0.3 is 5.73 Å². The van der Waals surface area contributed by atoms with E-state index in [0.29, 0.717) is 11.0 Å². The first kappa shape index (κ1) is 11.0. The molecule has 1 fully saturated rings. The van der Waals surface area contributed by atoms with Gasteiger partial charge in [0.15, 0.2) is 0 Å². The molecule has 1 aliphatic rings. The van der Waals surface area contributed by atoms with Gasteiger partial charge in [-0.2, -0.15) is 0 Å². The van der Waals surface area contributed by atoms with Crippen LogP contribution in [0.15, 0.2) is 22.7 Å². The number of hydrogen-bond donors (Lipinski definition) is 1. The summed E-state index contributed by atoms with van der Waals surface area (Å²) in [4.78, 5) is 0. The van der Waals surface area contributed by atoms with Crippen LogP contribution in [0.2, 0.25) is 0 Å². The minimum Gasteiger partial charge on any atom is -0.330 e. The van der Waals surface area contributed by atoms with Gasteiger partial charge in [-0.1, -0.05) is 28.1 Å². The number of halogens is 3. The van der Waals surface area contributed by atoms with Gasteiger partial charge in [-0.25, -0.2) is 8.78 Å². The summed E-state index contributed by atoms with van der Waals surface area (Å²) < 4.78 is 25.5. The molecule has 15 heavy (non-hydrogen) atoms. The van der Waals surface area contributed by atoms with Crippen LogP contribution in [-0.2, 0) is 5.41 Å². The van der Waals surface area contributed by atoms with Gasteiger partial charge in [0.2, 0.25) is 0 Å². The van der Waals surface area contributed by atoms with Crippen molar-refractivity contribution in [3.05, 3.63) is 33.8 Å². The number of benzene rings is 1. The fraction of sp³-hybridized carbons (Fsp3) is 0.455. The second-order valence-corrected chi connectivity index (χ2v) is 4.88. The molecular weight excluding hydrogens is 264 g/mol. The molecule has 1 nitrogen and oxygen atoms in total. The van der Waals surface area contributed by atoms with Crippen molar-refractivity contribution in [2.75, 3.05) is 6.54 Å². The van der Waals surface area contributed by atoms with Crippen molar-refractivity contribution in [2.45, 2.75) is 24.7 Å². The van der Waals surface area contributed by atoms with Gasteiger partial charge >= 0.3 is 0 Å². The molecule has 1 aromatic rings. The molecule has 2 N–H and O–H groups in total. The highest BCUT2D eigenvalue weighted by atomic mass is 79.9. The molecule has 0 aromatic heterocycles. The first-order valence-corrected chi connectivity index (χ1v) is 5.66. The molecule has 82 valence electrons. The molecule has 0 aliphatic heterocycles. The van der Waals surface area contributed by atoms with E-state index in [9.17, 15) is 8.78 Å². The molecule has 0 radical (unpaired) electrons. The third-order valence-corrected chi connectivity index (χ3v) is 3.78. The lowest BCUT2D eigenvalue weighted by Crippen LogP contribution is -2.19. The molecule has 0 heterocycles. The molecule has 0 atom stereocenters. The Hall–Kier alpha value is -0.480. The fourth-order valence-corrected chi connectivity index (χ4v) is 2.35. The second kappa shape index (κ2) is 3.83. The smallest absolute Gasteiger partial charge is 0.264 e. The van der Waals surface area contributed by atoms with Gasteiger partial charge in [0.1, 0.15) is 0 Å². The van der Waals surface area contributed by atoms with Gasteiger partial charge in [-0.3, -0.25) is 0 Å². The summed E-state index contributed by atoms with van der Waals surface area (Å²) >= 11 is 3.18. The van der Waals surface area contributed by atoms with Crippen LogP contribution in [0.3, 0.4) is 0 Å². The van der Waals surface area contributed by atoms with E-state index in [0.717, 1.165) is 18.4 Å². The van der Waals surface area contributed by atoms with Crippen molar-refractivity contribution < 1.29 is 8.78 Å². The van der Waals surface area contributed by atoms with Gasteiger partial charge in [0.25, 0.3) is 6.43 Å². The van der Waals surface area contributed by atoms with Crippen LogP contribution in [0.5, 0.6) is 0 Å². The zero-order valence-electron chi connectivity index (χ0n) is 8.14. The van der Waals surface area contributed by atoms with E-state index in [2.05, 4.69) is 15.9 Å². The first-order chi connectivity index (χ1) is 7.09. The Bertz CT molecular complexity index is 375. The fourth-order valence-electron chi connectivity index (χ4n) is 1.80. The predicted octanol–water partition coefficient (Wildman–Crippen LogP) is 3.38. The van der Waals surface area contributed by atoms with E-state index in [-0.39, 0.29) is 11.0 Å². The van der Waals surface area contributed by atoms with Crippen molar-refractivity contribution in [1.29, 1.82) is 0 Å². The molecule has 1 aliphatic carbocycles. The maximum absolute atomic E-state index is 12.5. The predicted molar refractivity (Wildman–Crippen MR) is 59.1 cm³/mol. The summed E-state index contributed by atoms with van der Waals surface area (Å²) in [6, 6.07) is 5.04. The Morgan fingerprint density at radius 1 is 1.40 bits per heavy atom. The first-order valence-electron chi connectivity index (χ1n) is 4.87. The molecular formula is C11H12BrF2N. The third-order valence-electron chi connectivity index (χ3n) is 3.09. The van der Waals surface area contributed by atoms with Crippen LogP contribution in [-0.4, -0.2) is 6.54 Å². The molecule has 0 bridgehead atoms. The molecule has 1 saturated carbocycles. The van der Waals surface area contributed by atoms with Crippen LogP contribution in [0.1, 0.15) is 30.4 Å². The molecule has 2 rings (SSSR count). The topological polar surface area (TPSA) is 26.0 Å². The largest absolute Gasteiger partial charge is 0.330 e. The number of hydrogen-bond acceptors (Lipinski definition) is 1. The number of rotatable bonds is 3. The highest BCUT2D eigenvalue weighted by molar-refractivity contribution is 9.10. The Labute approximate surface area is 95.8 Å². The maximum Gasteiger partial charge on any atom is 0.264 e. The molecule has 0 unspecified atom stereocenters. The molecule has 0 spiro atoms. The average molecular weight is 276 g/mol. The lowest BCUT2D eigenvalue weighted by Gasteiger charge is -2.14. The number of alkyl halides is 2. The normalized spacial score (nSPS) is 18.2. The van der Waals surface area contributed by atoms with Gasteiger partial charge in [0, 0.05) is 22.0 Å². The third kappa shape index (κ3) is 1.93. The maximum atomic E-state index is 12.5. The zero-order chi connectivity index (χ0) is 11.1. The van der Waals surface area contributed by atoms with Crippen molar-refractivity contribution in [2.24, 2.45) is 5.73 Å². The summed E-state index contributed by atoms with van der Waals surface area (Å²) in [5, 5.41) is 0. The van der Waals surface area contributed by atoms with Gasteiger partial charge in [0.05, 0.1) is 0 Å². The van der Waals surface area contributed by atoms with E-state index < -0.39 is 6.43 Å². The summed E-state index contributed by atoms with van der Waals surface area (Å²) in [7, 11) is 0. The lowest BCUT2D eigenvalue weighted by molar-refractivity contribution is 0.150. The molecule has 0 saturated heterocycles. The Kier molecular flexibility index (Phi) is 2.81. The number of nitrogens with two attached hydrogens (primary N) is 1. The zero-order valence-corrected chi connectivity index (χ0v) is 9.73. The van der Waals surface area contributed by atoms with Crippen LogP contribution in [0.25, 0.3) is 0 Å². The van der Waals surface area contributed by atoms with Crippen LogP contribution < -0.4 is 5.73 Å². The van der Waals surface area contributed by atoms with E-state index in [1.807, 2.05) is 0 Å². The van der Waals surface area contributed by atoms with Gasteiger partial charge in [-0.05, 0) is 24.5 Å².